The van der Waals surface area contributed by atoms with Crippen molar-refractivity contribution < 1.29 is 4.74 Å². The minimum absolute atomic E-state index is 0.507. The fraction of sp³-hybridized carbons (Fsp3) is 0.222. The molecule has 0 aliphatic rings. The van der Waals surface area contributed by atoms with Crippen molar-refractivity contribution in [3.05, 3.63) is 17.7 Å². The average Bonchev–Trinajstić information content (AvgIpc) is 2.11. The molecule has 0 aliphatic heterocycles. The molecule has 1 aromatic carbocycles. The standard InChI is InChI=1S/C9H13N3O/c1-2-13-9-4-7(11)6(5-10)3-8(9)12/h3-5,10H,2,11-12H2,1H3. The Balaban J connectivity index is 3.12. The van der Waals surface area contributed by atoms with Gasteiger partial charge in [-0.25, -0.2) is 0 Å². The first-order valence-electron chi connectivity index (χ1n) is 4.01. The normalized spacial score (nSPS) is 9.62. The third kappa shape index (κ3) is 1.90. The molecule has 1 rings (SSSR count). The fourth-order valence-corrected chi connectivity index (χ4v) is 1.04. The lowest BCUT2D eigenvalue weighted by molar-refractivity contribution is 0.342. The first-order valence-corrected chi connectivity index (χ1v) is 4.01. The van der Waals surface area contributed by atoms with Crippen LogP contribution in [0.4, 0.5) is 11.4 Å². The second kappa shape index (κ2) is 3.80. The molecule has 0 bridgehead atoms. The zero-order valence-electron chi connectivity index (χ0n) is 7.50. The van der Waals surface area contributed by atoms with Crippen LogP contribution in [0.25, 0.3) is 0 Å². The third-order valence-corrected chi connectivity index (χ3v) is 1.67. The molecule has 0 aliphatic carbocycles. The van der Waals surface area contributed by atoms with E-state index in [1.54, 1.807) is 12.1 Å². The lowest BCUT2D eigenvalue weighted by Gasteiger charge is -2.09. The van der Waals surface area contributed by atoms with Crippen molar-refractivity contribution in [3.63, 3.8) is 0 Å². The van der Waals surface area contributed by atoms with Gasteiger partial charge in [-0.05, 0) is 13.0 Å². The van der Waals surface area contributed by atoms with Crippen LogP contribution >= 0.6 is 0 Å². The number of anilines is 2. The SMILES string of the molecule is CCOc1cc(N)c(C=N)cc1N. The summed E-state index contributed by atoms with van der Waals surface area (Å²) in [6.45, 7) is 2.42. The van der Waals surface area contributed by atoms with Crippen molar-refractivity contribution >= 4 is 17.6 Å². The van der Waals surface area contributed by atoms with Crippen LogP contribution in [0.1, 0.15) is 12.5 Å². The summed E-state index contributed by atoms with van der Waals surface area (Å²) in [6.07, 6.45) is 1.17. The Hall–Kier alpha value is -1.71. The largest absolute Gasteiger partial charge is 0.492 e. The Morgan fingerprint density at radius 3 is 2.62 bits per heavy atom. The van der Waals surface area contributed by atoms with E-state index in [0.29, 0.717) is 29.3 Å². The maximum Gasteiger partial charge on any atom is 0.144 e. The molecule has 4 heteroatoms. The predicted octanol–water partition coefficient (Wildman–Crippen LogP) is 1.25. The maximum absolute atomic E-state index is 7.05. The van der Waals surface area contributed by atoms with E-state index in [1.807, 2.05) is 6.92 Å². The molecule has 0 unspecified atom stereocenters. The van der Waals surface area contributed by atoms with Crippen molar-refractivity contribution in [2.45, 2.75) is 6.92 Å². The predicted molar refractivity (Wildman–Crippen MR) is 54.3 cm³/mol. The van der Waals surface area contributed by atoms with E-state index < -0.39 is 0 Å². The first kappa shape index (κ1) is 9.38. The van der Waals surface area contributed by atoms with E-state index in [0.717, 1.165) is 0 Å². The van der Waals surface area contributed by atoms with Crippen molar-refractivity contribution in [2.24, 2.45) is 0 Å². The summed E-state index contributed by atoms with van der Waals surface area (Å²) < 4.78 is 5.24. The minimum atomic E-state index is 0.507. The van der Waals surface area contributed by atoms with Gasteiger partial charge in [0.25, 0.3) is 0 Å². The van der Waals surface area contributed by atoms with Crippen LogP contribution in [0.15, 0.2) is 12.1 Å². The van der Waals surface area contributed by atoms with E-state index >= 15 is 0 Å². The molecule has 5 N–H and O–H groups in total. The molecular weight excluding hydrogens is 166 g/mol. The average molecular weight is 179 g/mol. The number of benzene rings is 1. The molecule has 4 nitrogen and oxygen atoms in total. The Morgan fingerprint density at radius 1 is 1.38 bits per heavy atom. The number of ether oxygens (including phenoxy) is 1. The van der Waals surface area contributed by atoms with Gasteiger partial charge in [0, 0.05) is 23.5 Å². The number of hydrogen-bond donors (Lipinski definition) is 3. The number of nitrogens with two attached hydrogens (primary N) is 2. The van der Waals surface area contributed by atoms with Crippen LogP contribution in [-0.4, -0.2) is 12.8 Å². The Labute approximate surface area is 77.0 Å². The summed E-state index contributed by atoms with van der Waals surface area (Å²) in [7, 11) is 0. The lowest BCUT2D eigenvalue weighted by atomic mass is 10.1. The van der Waals surface area contributed by atoms with E-state index in [9.17, 15) is 0 Å². The van der Waals surface area contributed by atoms with Crippen LogP contribution < -0.4 is 16.2 Å². The smallest absolute Gasteiger partial charge is 0.144 e. The molecular formula is C9H13N3O. The van der Waals surface area contributed by atoms with Gasteiger partial charge in [-0.1, -0.05) is 0 Å². The third-order valence-electron chi connectivity index (χ3n) is 1.67. The van der Waals surface area contributed by atoms with Crippen molar-refractivity contribution in [1.29, 1.82) is 5.41 Å². The lowest BCUT2D eigenvalue weighted by Crippen LogP contribution is -2.01. The summed E-state index contributed by atoms with van der Waals surface area (Å²) in [5.41, 5.74) is 12.9. The molecule has 13 heavy (non-hydrogen) atoms. The van der Waals surface area contributed by atoms with Crippen LogP contribution in [-0.2, 0) is 0 Å². The van der Waals surface area contributed by atoms with Gasteiger partial charge in [-0.15, -0.1) is 0 Å². The summed E-state index contributed by atoms with van der Waals surface area (Å²) in [5.74, 6) is 0.575. The van der Waals surface area contributed by atoms with Gasteiger partial charge >= 0.3 is 0 Å². The Kier molecular flexibility index (Phi) is 2.74. The first-order chi connectivity index (χ1) is 6.19. The van der Waals surface area contributed by atoms with Crippen LogP contribution in [0.5, 0.6) is 5.75 Å². The van der Waals surface area contributed by atoms with Gasteiger partial charge in [0.2, 0.25) is 0 Å². The van der Waals surface area contributed by atoms with Crippen molar-refractivity contribution in [3.8, 4) is 5.75 Å². The van der Waals surface area contributed by atoms with Gasteiger partial charge < -0.3 is 21.6 Å². The highest BCUT2D eigenvalue weighted by Crippen LogP contribution is 2.26. The molecule has 0 saturated carbocycles. The van der Waals surface area contributed by atoms with Crippen LogP contribution in [0, 0.1) is 5.41 Å². The van der Waals surface area contributed by atoms with E-state index in [-0.39, 0.29) is 0 Å². The highest BCUT2D eigenvalue weighted by atomic mass is 16.5. The highest BCUT2D eigenvalue weighted by molar-refractivity contribution is 5.87. The Bertz CT molecular complexity index is 323. The molecule has 70 valence electrons. The molecule has 0 atom stereocenters. The highest BCUT2D eigenvalue weighted by Gasteiger charge is 2.04. The topological polar surface area (TPSA) is 85.1 Å². The molecule has 0 heterocycles. The quantitative estimate of drug-likeness (QED) is 0.482. The second-order valence-corrected chi connectivity index (χ2v) is 2.60. The summed E-state index contributed by atoms with van der Waals surface area (Å²) in [6, 6.07) is 3.27. The van der Waals surface area contributed by atoms with Gasteiger partial charge in [0.1, 0.15) is 5.75 Å². The molecule has 0 radical (unpaired) electrons. The zero-order chi connectivity index (χ0) is 9.84. The fourth-order valence-electron chi connectivity index (χ4n) is 1.04. The molecule has 0 spiro atoms. The summed E-state index contributed by atoms with van der Waals surface area (Å²) >= 11 is 0. The summed E-state index contributed by atoms with van der Waals surface area (Å²) in [5, 5.41) is 7.05. The second-order valence-electron chi connectivity index (χ2n) is 2.60. The molecule has 0 saturated heterocycles. The van der Waals surface area contributed by atoms with E-state index in [4.69, 9.17) is 21.6 Å². The number of nitrogen functional groups attached to an aromatic ring is 2. The number of hydrogen-bond acceptors (Lipinski definition) is 4. The molecule has 0 aromatic heterocycles. The molecule has 0 fully saturated rings. The minimum Gasteiger partial charge on any atom is -0.492 e. The molecule has 1 aromatic rings. The van der Waals surface area contributed by atoms with Gasteiger partial charge in [0.05, 0.1) is 12.3 Å². The monoisotopic (exact) mass is 179 g/mol. The van der Waals surface area contributed by atoms with E-state index in [2.05, 4.69) is 0 Å². The summed E-state index contributed by atoms with van der Waals surface area (Å²) in [4.78, 5) is 0. The van der Waals surface area contributed by atoms with Crippen molar-refractivity contribution in [1.82, 2.24) is 0 Å². The number of rotatable bonds is 3. The maximum atomic E-state index is 7.05. The van der Waals surface area contributed by atoms with Gasteiger partial charge in [-0.3, -0.25) is 0 Å². The zero-order valence-corrected chi connectivity index (χ0v) is 7.50. The number of nitrogens with one attached hydrogen (secondary N) is 1. The van der Waals surface area contributed by atoms with Gasteiger partial charge in [0.15, 0.2) is 0 Å². The van der Waals surface area contributed by atoms with Gasteiger partial charge in [-0.2, -0.15) is 0 Å². The van der Waals surface area contributed by atoms with Crippen LogP contribution in [0.2, 0.25) is 0 Å². The van der Waals surface area contributed by atoms with Crippen LogP contribution in [0.3, 0.4) is 0 Å². The Morgan fingerprint density at radius 2 is 2.08 bits per heavy atom. The van der Waals surface area contributed by atoms with Crippen molar-refractivity contribution in [2.75, 3.05) is 18.1 Å². The molecule has 0 amide bonds. The van der Waals surface area contributed by atoms with E-state index in [1.165, 1.54) is 6.21 Å².